The molecule has 3 rings (SSSR count). The Kier molecular flexibility index (Phi) is 5.48. The summed E-state index contributed by atoms with van der Waals surface area (Å²) in [6.07, 6.45) is 0.813. The normalized spacial score (nSPS) is 22.2. The van der Waals surface area contributed by atoms with E-state index < -0.39 is 0 Å². The summed E-state index contributed by atoms with van der Waals surface area (Å²) in [4.78, 5) is 16.7. The van der Waals surface area contributed by atoms with Crippen molar-refractivity contribution in [2.45, 2.75) is 12.5 Å². The molecule has 1 fully saturated rings. The SMILES string of the molecule is O=C(CN1CCN(CCO)CC1)NC1CCOc2ccccc21. The minimum atomic E-state index is 0.0446. The number of hydrogen-bond donors (Lipinski definition) is 2. The molecule has 2 aliphatic heterocycles. The maximum absolute atomic E-state index is 12.3. The fraction of sp³-hybridized carbons (Fsp3) is 0.588. The molecule has 0 aromatic heterocycles. The van der Waals surface area contributed by atoms with E-state index in [-0.39, 0.29) is 18.6 Å². The van der Waals surface area contributed by atoms with E-state index in [2.05, 4.69) is 15.1 Å². The van der Waals surface area contributed by atoms with Crippen LogP contribution in [0, 0.1) is 0 Å². The maximum atomic E-state index is 12.3. The zero-order chi connectivity index (χ0) is 16.1. The Morgan fingerprint density at radius 3 is 2.74 bits per heavy atom. The van der Waals surface area contributed by atoms with Gasteiger partial charge in [0.2, 0.25) is 5.91 Å². The van der Waals surface area contributed by atoms with Gasteiger partial charge in [-0.15, -0.1) is 0 Å². The third-order valence-electron chi connectivity index (χ3n) is 4.54. The maximum Gasteiger partial charge on any atom is 0.234 e. The second kappa shape index (κ2) is 7.77. The average molecular weight is 319 g/mol. The van der Waals surface area contributed by atoms with Crippen molar-refractivity contribution in [3.8, 4) is 5.75 Å². The second-order valence-corrected chi connectivity index (χ2v) is 6.14. The molecule has 1 aromatic rings. The van der Waals surface area contributed by atoms with Crippen molar-refractivity contribution < 1.29 is 14.6 Å². The zero-order valence-corrected chi connectivity index (χ0v) is 13.4. The number of ether oxygens (including phenoxy) is 1. The fourth-order valence-corrected chi connectivity index (χ4v) is 3.25. The van der Waals surface area contributed by atoms with Gasteiger partial charge in [-0.3, -0.25) is 14.6 Å². The van der Waals surface area contributed by atoms with Crippen LogP contribution in [0.2, 0.25) is 0 Å². The number of carbonyl (C=O) groups excluding carboxylic acids is 1. The van der Waals surface area contributed by atoms with Crippen molar-refractivity contribution in [2.24, 2.45) is 0 Å². The average Bonchev–Trinajstić information content (AvgIpc) is 2.57. The number of nitrogens with one attached hydrogen (secondary N) is 1. The van der Waals surface area contributed by atoms with Crippen LogP contribution in [-0.2, 0) is 4.79 Å². The van der Waals surface area contributed by atoms with Crippen molar-refractivity contribution in [1.29, 1.82) is 0 Å². The number of fused-ring (bicyclic) bond motifs is 1. The third kappa shape index (κ3) is 4.22. The van der Waals surface area contributed by atoms with Gasteiger partial charge >= 0.3 is 0 Å². The quantitative estimate of drug-likeness (QED) is 0.814. The Hall–Kier alpha value is -1.63. The molecule has 0 bridgehead atoms. The number of benzene rings is 1. The molecule has 2 N–H and O–H groups in total. The Balaban J connectivity index is 1.49. The Labute approximate surface area is 137 Å². The van der Waals surface area contributed by atoms with Gasteiger partial charge in [0.15, 0.2) is 0 Å². The molecular weight excluding hydrogens is 294 g/mol. The lowest BCUT2D eigenvalue weighted by molar-refractivity contribution is -0.123. The lowest BCUT2D eigenvalue weighted by atomic mass is 10.0. The molecule has 1 atom stereocenters. The van der Waals surface area contributed by atoms with E-state index in [0.717, 1.165) is 50.5 Å². The number of amides is 1. The highest BCUT2D eigenvalue weighted by Crippen LogP contribution is 2.31. The van der Waals surface area contributed by atoms with Gasteiger partial charge in [0.1, 0.15) is 5.75 Å². The van der Waals surface area contributed by atoms with E-state index in [1.54, 1.807) is 0 Å². The summed E-state index contributed by atoms with van der Waals surface area (Å²) in [5.41, 5.74) is 1.07. The molecule has 1 aromatic carbocycles. The monoisotopic (exact) mass is 319 g/mol. The summed E-state index contributed by atoms with van der Waals surface area (Å²) in [6.45, 7) is 5.56. The van der Waals surface area contributed by atoms with Crippen molar-refractivity contribution in [3.05, 3.63) is 29.8 Å². The summed E-state index contributed by atoms with van der Waals surface area (Å²) >= 11 is 0. The number of para-hydroxylation sites is 1. The van der Waals surface area contributed by atoms with Crippen molar-refractivity contribution >= 4 is 5.91 Å². The van der Waals surface area contributed by atoms with Gasteiger partial charge in [0, 0.05) is 44.7 Å². The molecule has 1 saturated heterocycles. The molecule has 1 unspecified atom stereocenters. The smallest absolute Gasteiger partial charge is 0.234 e. The largest absolute Gasteiger partial charge is 0.493 e. The van der Waals surface area contributed by atoms with E-state index in [0.29, 0.717) is 13.2 Å². The molecular formula is C17H25N3O3. The van der Waals surface area contributed by atoms with Crippen LogP contribution in [0.4, 0.5) is 0 Å². The van der Waals surface area contributed by atoms with Gasteiger partial charge in [0.25, 0.3) is 0 Å². The molecule has 6 nitrogen and oxygen atoms in total. The van der Waals surface area contributed by atoms with Gasteiger partial charge in [-0.2, -0.15) is 0 Å². The molecule has 0 aliphatic carbocycles. The summed E-state index contributed by atoms with van der Waals surface area (Å²) in [6, 6.07) is 7.95. The van der Waals surface area contributed by atoms with E-state index in [4.69, 9.17) is 9.84 Å². The van der Waals surface area contributed by atoms with Crippen molar-refractivity contribution in [3.63, 3.8) is 0 Å². The summed E-state index contributed by atoms with van der Waals surface area (Å²) in [5, 5.41) is 12.1. The van der Waals surface area contributed by atoms with Gasteiger partial charge < -0.3 is 15.2 Å². The number of hydrogen-bond acceptors (Lipinski definition) is 5. The van der Waals surface area contributed by atoms with Gasteiger partial charge in [0.05, 0.1) is 25.8 Å². The van der Waals surface area contributed by atoms with Crippen molar-refractivity contribution in [2.75, 3.05) is 52.5 Å². The molecule has 2 aliphatic rings. The molecule has 23 heavy (non-hydrogen) atoms. The van der Waals surface area contributed by atoms with Crippen LogP contribution in [0.15, 0.2) is 24.3 Å². The molecule has 0 radical (unpaired) electrons. The van der Waals surface area contributed by atoms with Gasteiger partial charge in [-0.1, -0.05) is 18.2 Å². The first-order valence-corrected chi connectivity index (χ1v) is 8.33. The molecule has 1 amide bonds. The zero-order valence-electron chi connectivity index (χ0n) is 13.4. The second-order valence-electron chi connectivity index (χ2n) is 6.14. The lowest BCUT2D eigenvalue weighted by Crippen LogP contribution is -2.50. The van der Waals surface area contributed by atoms with E-state index in [1.165, 1.54) is 0 Å². The first-order chi connectivity index (χ1) is 11.3. The molecule has 126 valence electrons. The number of nitrogens with zero attached hydrogens (tertiary/aromatic N) is 2. The van der Waals surface area contributed by atoms with Gasteiger partial charge in [-0.05, 0) is 6.07 Å². The minimum Gasteiger partial charge on any atom is -0.493 e. The van der Waals surface area contributed by atoms with Crippen LogP contribution in [0.5, 0.6) is 5.75 Å². The molecule has 0 saturated carbocycles. The highest BCUT2D eigenvalue weighted by atomic mass is 16.5. The number of carbonyl (C=O) groups is 1. The van der Waals surface area contributed by atoms with Crippen molar-refractivity contribution in [1.82, 2.24) is 15.1 Å². The summed E-state index contributed by atoms with van der Waals surface area (Å²) < 4.78 is 5.63. The van der Waals surface area contributed by atoms with E-state index in [1.807, 2.05) is 24.3 Å². The summed E-state index contributed by atoms with van der Waals surface area (Å²) in [7, 11) is 0. The number of rotatable bonds is 5. The van der Waals surface area contributed by atoms with Crippen LogP contribution < -0.4 is 10.1 Å². The predicted octanol–water partition coefficient (Wildman–Crippen LogP) is 0.236. The highest BCUT2D eigenvalue weighted by Gasteiger charge is 2.24. The Morgan fingerprint density at radius 2 is 1.96 bits per heavy atom. The number of aliphatic hydroxyl groups excluding tert-OH is 1. The standard InChI is InChI=1S/C17H25N3O3/c21-11-10-19-6-8-20(9-7-19)13-17(22)18-15-5-12-23-16-4-2-1-3-14(15)16/h1-4,15,21H,5-13H2,(H,18,22). The van der Waals surface area contributed by atoms with Crippen LogP contribution >= 0.6 is 0 Å². The highest BCUT2D eigenvalue weighted by molar-refractivity contribution is 5.78. The topological polar surface area (TPSA) is 65.0 Å². The van der Waals surface area contributed by atoms with Crippen LogP contribution in [0.3, 0.4) is 0 Å². The van der Waals surface area contributed by atoms with Crippen LogP contribution in [0.1, 0.15) is 18.0 Å². The predicted molar refractivity (Wildman–Crippen MR) is 87.4 cm³/mol. The number of β-amino-alcohol motifs (C(OH)–C–C–N with tert-alkyl or cyclic N) is 1. The Bertz CT molecular complexity index is 530. The Morgan fingerprint density at radius 1 is 1.22 bits per heavy atom. The van der Waals surface area contributed by atoms with E-state index in [9.17, 15) is 4.79 Å². The number of aliphatic hydroxyl groups is 1. The first kappa shape index (κ1) is 16.2. The molecule has 2 heterocycles. The van der Waals surface area contributed by atoms with Crippen LogP contribution in [0.25, 0.3) is 0 Å². The fourth-order valence-electron chi connectivity index (χ4n) is 3.25. The number of piperazine rings is 1. The van der Waals surface area contributed by atoms with Gasteiger partial charge in [-0.25, -0.2) is 0 Å². The summed E-state index contributed by atoms with van der Waals surface area (Å²) in [5.74, 6) is 0.948. The lowest BCUT2D eigenvalue weighted by Gasteiger charge is -2.34. The van der Waals surface area contributed by atoms with E-state index >= 15 is 0 Å². The third-order valence-corrected chi connectivity index (χ3v) is 4.54. The first-order valence-electron chi connectivity index (χ1n) is 8.33. The molecule has 0 spiro atoms. The molecule has 6 heteroatoms. The minimum absolute atomic E-state index is 0.0446. The van der Waals surface area contributed by atoms with Crippen LogP contribution in [-0.4, -0.2) is 73.3 Å².